The number of ketones is 1. The van der Waals surface area contributed by atoms with Crippen LogP contribution in [0, 0.1) is 40.9 Å². The predicted octanol–water partition coefficient (Wildman–Crippen LogP) is 1.04. The molecule has 6 rings (SSSR count). The fraction of sp³-hybridized carbons (Fsp3) is 0.900. The smallest absolute Gasteiger partial charge is 0.136 e. The number of alkyl halides is 1. The first-order chi connectivity index (χ1) is 5.68. The fourth-order valence-corrected chi connectivity index (χ4v) is 6.10. The van der Waals surface area contributed by atoms with Crippen molar-refractivity contribution in [2.75, 3.05) is 0 Å². The van der Waals surface area contributed by atoms with Crippen molar-refractivity contribution >= 4 is 5.78 Å². The Morgan fingerprint density at radius 1 is 1.08 bits per heavy atom. The number of rotatable bonds is 1. The third-order valence-corrected chi connectivity index (χ3v) is 6.12. The zero-order chi connectivity index (χ0) is 8.04. The maximum Gasteiger partial charge on any atom is 0.136 e. The summed E-state index contributed by atoms with van der Waals surface area (Å²) < 4.78 is 13.7. The minimum absolute atomic E-state index is 0.0633. The molecule has 0 saturated heterocycles. The highest BCUT2D eigenvalue weighted by molar-refractivity contribution is 5.92. The number of halogens is 1. The summed E-state index contributed by atoms with van der Waals surface area (Å²) in [6, 6.07) is 0. The van der Waals surface area contributed by atoms with E-state index in [0.717, 1.165) is 0 Å². The predicted molar refractivity (Wildman–Crippen MR) is 37.9 cm³/mol. The lowest BCUT2D eigenvalue weighted by Crippen LogP contribution is -3.12. The minimum atomic E-state index is -0.725. The summed E-state index contributed by atoms with van der Waals surface area (Å²) in [6.45, 7) is 1.71. The minimum Gasteiger partial charge on any atom is -0.299 e. The van der Waals surface area contributed by atoms with E-state index < -0.39 is 5.67 Å². The highest BCUT2D eigenvalue weighted by atomic mass is 19.1. The Labute approximate surface area is 69.3 Å². The summed E-state index contributed by atoms with van der Waals surface area (Å²) in [6.07, 6.45) is 0. The van der Waals surface area contributed by atoms with Gasteiger partial charge in [0.05, 0.1) is 0 Å². The SMILES string of the molecule is CC(=O)C12C3C4C1C1C2C3C41F. The quantitative estimate of drug-likeness (QED) is 0.565. The van der Waals surface area contributed by atoms with E-state index in [2.05, 4.69) is 0 Å². The van der Waals surface area contributed by atoms with E-state index in [-0.39, 0.29) is 5.41 Å². The second kappa shape index (κ2) is 0.919. The summed E-state index contributed by atoms with van der Waals surface area (Å²) >= 11 is 0. The molecule has 6 aliphatic rings. The first-order valence-corrected chi connectivity index (χ1v) is 4.88. The van der Waals surface area contributed by atoms with E-state index in [9.17, 15) is 9.18 Å². The van der Waals surface area contributed by atoms with Crippen molar-refractivity contribution in [1.29, 1.82) is 0 Å². The van der Waals surface area contributed by atoms with Gasteiger partial charge in [-0.1, -0.05) is 0 Å². The van der Waals surface area contributed by atoms with Crippen molar-refractivity contribution < 1.29 is 9.18 Å². The highest BCUT2D eigenvalue weighted by Gasteiger charge is 3.12. The Kier molecular flexibility index (Phi) is 0.410. The Morgan fingerprint density at radius 3 is 1.83 bits per heavy atom. The second-order valence-corrected chi connectivity index (χ2v) is 5.47. The maximum atomic E-state index is 13.7. The molecule has 6 aliphatic carbocycles. The molecule has 0 aromatic rings. The van der Waals surface area contributed by atoms with Gasteiger partial charge in [0.15, 0.2) is 0 Å². The van der Waals surface area contributed by atoms with E-state index >= 15 is 0 Å². The number of hydrogen-bond donors (Lipinski definition) is 0. The summed E-state index contributed by atoms with van der Waals surface area (Å²) in [5.41, 5.74) is -0.662. The highest BCUT2D eigenvalue weighted by Crippen LogP contribution is 3.08. The van der Waals surface area contributed by atoms with Crippen LogP contribution in [0.15, 0.2) is 0 Å². The molecule has 0 N–H and O–H groups in total. The topological polar surface area (TPSA) is 17.1 Å². The molecular formula is C10H9FO. The largest absolute Gasteiger partial charge is 0.299 e. The average molecular weight is 164 g/mol. The van der Waals surface area contributed by atoms with Crippen molar-refractivity contribution in [2.45, 2.75) is 12.6 Å². The summed E-state index contributed by atoms with van der Waals surface area (Å²) in [4.78, 5) is 11.4. The van der Waals surface area contributed by atoms with E-state index in [1.165, 1.54) is 0 Å². The average Bonchev–Trinajstić information content (AvgIpc) is 2.04. The van der Waals surface area contributed by atoms with Crippen molar-refractivity contribution in [3.63, 3.8) is 0 Å². The maximum absolute atomic E-state index is 13.7. The fourth-order valence-electron chi connectivity index (χ4n) is 6.10. The molecule has 1 nitrogen and oxygen atoms in total. The van der Waals surface area contributed by atoms with Gasteiger partial charge in [0, 0.05) is 23.2 Å². The van der Waals surface area contributed by atoms with E-state index in [0.29, 0.717) is 41.3 Å². The monoisotopic (exact) mass is 164 g/mol. The van der Waals surface area contributed by atoms with Crippen LogP contribution in [0.2, 0.25) is 0 Å². The molecule has 6 fully saturated rings. The Morgan fingerprint density at radius 2 is 1.50 bits per heavy atom. The molecule has 0 heterocycles. The lowest BCUT2D eigenvalue weighted by atomic mass is 8.95. The van der Waals surface area contributed by atoms with Gasteiger partial charge < -0.3 is 0 Å². The van der Waals surface area contributed by atoms with Crippen molar-refractivity contribution in [3.05, 3.63) is 0 Å². The summed E-state index contributed by atoms with van der Waals surface area (Å²) in [5, 5.41) is 0. The van der Waals surface area contributed by atoms with Gasteiger partial charge in [-0.2, -0.15) is 0 Å². The first-order valence-electron chi connectivity index (χ1n) is 4.88. The summed E-state index contributed by atoms with van der Waals surface area (Å²) in [5.74, 6) is 2.96. The molecule has 6 saturated carbocycles. The molecule has 0 aromatic heterocycles. The van der Waals surface area contributed by atoms with Crippen LogP contribution in [-0.2, 0) is 4.79 Å². The number of hydrogen-bond acceptors (Lipinski definition) is 1. The van der Waals surface area contributed by atoms with Crippen LogP contribution in [0.5, 0.6) is 0 Å². The van der Waals surface area contributed by atoms with E-state index in [4.69, 9.17) is 0 Å². The van der Waals surface area contributed by atoms with Gasteiger partial charge in [0.2, 0.25) is 0 Å². The van der Waals surface area contributed by atoms with Crippen molar-refractivity contribution in [3.8, 4) is 0 Å². The van der Waals surface area contributed by atoms with Crippen LogP contribution in [0.3, 0.4) is 0 Å². The Balaban J connectivity index is 1.75. The van der Waals surface area contributed by atoms with Gasteiger partial charge in [0.1, 0.15) is 11.5 Å². The van der Waals surface area contributed by atoms with Gasteiger partial charge in [-0.3, -0.25) is 4.79 Å². The molecule has 0 bridgehead atoms. The van der Waals surface area contributed by atoms with Crippen LogP contribution < -0.4 is 0 Å². The molecule has 12 heavy (non-hydrogen) atoms. The van der Waals surface area contributed by atoms with Crippen LogP contribution in [-0.4, -0.2) is 11.5 Å². The molecule has 0 atom stereocenters. The van der Waals surface area contributed by atoms with Crippen LogP contribution >= 0.6 is 0 Å². The molecule has 0 aromatic carbocycles. The number of Topliss-reactive ketones (excluding diaryl/α,β-unsaturated/α-hetero) is 1. The Bertz CT molecular complexity index is 318. The molecule has 0 aliphatic heterocycles. The van der Waals surface area contributed by atoms with Gasteiger partial charge in [0.25, 0.3) is 0 Å². The van der Waals surface area contributed by atoms with Gasteiger partial charge in [-0.25, -0.2) is 4.39 Å². The molecule has 0 radical (unpaired) electrons. The molecule has 2 heteroatoms. The molecule has 0 spiro atoms. The number of carbonyl (C=O) groups is 1. The number of carbonyl (C=O) groups excluding carboxylic acids is 1. The zero-order valence-corrected chi connectivity index (χ0v) is 6.75. The third-order valence-electron chi connectivity index (χ3n) is 6.12. The molecular weight excluding hydrogens is 155 g/mol. The lowest BCUT2D eigenvalue weighted by Gasteiger charge is -3.08. The molecule has 0 amide bonds. The van der Waals surface area contributed by atoms with Crippen LogP contribution in [0.4, 0.5) is 4.39 Å². The first kappa shape index (κ1) is 5.36. The zero-order valence-electron chi connectivity index (χ0n) is 6.75. The third kappa shape index (κ3) is 0.165. The van der Waals surface area contributed by atoms with E-state index in [1.54, 1.807) is 6.92 Å². The summed E-state index contributed by atoms with van der Waals surface area (Å²) in [7, 11) is 0. The van der Waals surface area contributed by atoms with E-state index in [1.807, 2.05) is 0 Å². The Hall–Kier alpha value is -0.400. The van der Waals surface area contributed by atoms with Crippen molar-refractivity contribution in [1.82, 2.24) is 0 Å². The van der Waals surface area contributed by atoms with Crippen LogP contribution in [0.1, 0.15) is 6.92 Å². The second-order valence-electron chi connectivity index (χ2n) is 5.47. The normalized spacial score (nSPS) is 88.2. The standard InChI is InChI=1S/C10H9FO/c1-2(12)9-3-6-4(9)8-5(9)7(3)10(6,8)11/h3-8H,1H3. The molecule has 0 unspecified atom stereocenters. The van der Waals surface area contributed by atoms with Crippen molar-refractivity contribution in [2.24, 2.45) is 40.9 Å². The van der Waals surface area contributed by atoms with Crippen LogP contribution in [0.25, 0.3) is 0 Å². The van der Waals surface area contributed by atoms with Gasteiger partial charge >= 0.3 is 0 Å². The van der Waals surface area contributed by atoms with Gasteiger partial charge in [-0.15, -0.1) is 0 Å². The van der Waals surface area contributed by atoms with Gasteiger partial charge in [-0.05, 0) is 24.7 Å². The molecule has 62 valence electrons. The lowest BCUT2D eigenvalue weighted by molar-refractivity contribution is -0.630.